The van der Waals surface area contributed by atoms with Crippen molar-refractivity contribution >= 4 is 22.8 Å². The SMILES string of the molecule is COCc1nn2c(nnc3c(CC(=O)OC)nn(-c4ccc(OC)cc4)c32)c1-c1ccccc1. The van der Waals surface area contributed by atoms with E-state index in [0.29, 0.717) is 40.6 Å². The van der Waals surface area contributed by atoms with Crippen molar-refractivity contribution in [3.8, 4) is 22.6 Å². The zero-order valence-electron chi connectivity index (χ0n) is 18.9. The number of ether oxygens (including phenoxy) is 3. The van der Waals surface area contributed by atoms with Gasteiger partial charge >= 0.3 is 5.97 Å². The van der Waals surface area contributed by atoms with Gasteiger partial charge in [0.15, 0.2) is 16.8 Å². The van der Waals surface area contributed by atoms with Gasteiger partial charge in [-0.2, -0.15) is 14.7 Å². The second-order valence-corrected chi connectivity index (χ2v) is 7.54. The zero-order valence-corrected chi connectivity index (χ0v) is 18.9. The number of fused-ring (bicyclic) bond motifs is 3. The van der Waals surface area contributed by atoms with Gasteiger partial charge in [0.2, 0.25) is 0 Å². The summed E-state index contributed by atoms with van der Waals surface area (Å²) in [7, 11) is 4.57. The Labute approximate surface area is 194 Å². The van der Waals surface area contributed by atoms with Crippen LogP contribution in [0.1, 0.15) is 11.4 Å². The maximum atomic E-state index is 12.1. The predicted molar refractivity (Wildman–Crippen MR) is 124 cm³/mol. The lowest BCUT2D eigenvalue weighted by molar-refractivity contribution is -0.139. The van der Waals surface area contributed by atoms with Gasteiger partial charge in [-0.3, -0.25) is 4.79 Å². The van der Waals surface area contributed by atoms with E-state index in [1.54, 1.807) is 23.4 Å². The second kappa shape index (κ2) is 8.91. The highest BCUT2D eigenvalue weighted by Gasteiger charge is 2.24. The monoisotopic (exact) mass is 458 g/mol. The Morgan fingerprint density at radius 2 is 1.68 bits per heavy atom. The van der Waals surface area contributed by atoms with Gasteiger partial charge in [-0.05, 0) is 29.8 Å². The fraction of sp³-hybridized carbons (Fsp3) is 0.208. The van der Waals surface area contributed by atoms with E-state index in [0.717, 1.165) is 16.8 Å². The fourth-order valence-corrected chi connectivity index (χ4v) is 3.90. The molecule has 0 N–H and O–H groups in total. The van der Waals surface area contributed by atoms with Crippen molar-refractivity contribution in [2.45, 2.75) is 13.0 Å². The molecule has 3 heterocycles. The van der Waals surface area contributed by atoms with E-state index in [-0.39, 0.29) is 6.42 Å². The molecular weight excluding hydrogens is 436 g/mol. The van der Waals surface area contributed by atoms with Crippen LogP contribution in [-0.4, -0.2) is 56.9 Å². The first-order valence-corrected chi connectivity index (χ1v) is 10.6. The molecule has 0 aliphatic rings. The Hall–Kier alpha value is -4.31. The van der Waals surface area contributed by atoms with Crippen LogP contribution >= 0.6 is 0 Å². The van der Waals surface area contributed by atoms with Gasteiger partial charge in [0, 0.05) is 7.11 Å². The average Bonchev–Trinajstić information content (AvgIpc) is 3.43. The maximum absolute atomic E-state index is 12.1. The summed E-state index contributed by atoms with van der Waals surface area (Å²) >= 11 is 0. The van der Waals surface area contributed by atoms with Gasteiger partial charge in [0.25, 0.3) is 0 Å². The van der Waals surface area contributed by atoms with E-state index in [4.69, 9.17) is 24.4 Å². The molecule has 0 amide bonds. The highest BCUT2D eigenvalue weighted by atomic mass is 16.5. The highest BCUT2D eigenvalue weighted by Crippen LogP contribution is 2.31. The molecule has 0 saturated carbocycles. The third kappa shape index (κ3) is 3.63. The average molecular weight is 458 g/mol. The number of benzene rings is 2. The van der Waals surface area contributed by atoms with Gasteiger partial charge in [-0.15, -0.1) is 10.2 Å². The molecule has 10 heteroatoms. The van der Waals surface area contributed by atoms with E-state index in [2.05, 4.69) is 10.2 Å². The first-order valence-electron chi connectivity index (χ1n) is 10.6. The lowest BCUT2D eigenvalue weighted by atomic mass is 10.1. The third-order valence-corrected chi connectivity index (χ3v) is 5.49. The fourth-order valence-electron chi connectivity index (χ4n) is 3.90. The molecule has 0 unspecified atom stereocenters. The van der Waals surface area contributed by atoms with Gasteiger partial charge in [0.1, 0.15) is 11.4 Å². The maximum Gasteiger partial charge on any atom is 0.311 e. The minimum Gasteiger partial charge on any atom is -0.497 e. The summed E-state index contributed by atoms with van der Waals surface area (Å²) in [4.78, 5) is 12.1. The molecule has 5 rings (SSSR count). The number of methoxy groups -OCH3 is 3. The number of carbonyl (C=O) groups is 1. The summed E-state index contributed by atoms with van der Waals surface area (Å²) in [5.74, 6) is 0.293. The third-order valence-electron chi connectivity index (χ3n) is 5.49. The number of rotatable bonds is 7. The van der Waals surface area contributed by atoms with Gasteiger partial charge in [-0.25, -0.2) is 4.68 Å². The molecule has 0 atom stereocenters. The van der Waals surface area contributed by atoms with Crippen molar-refractivity contribution in [2.75, 3.05) is 21.3 Å². The van der Waals surface area contributed by atoms with Crippen LogP contribution in [0, 0.1) is 0 Å². The summed E-state index contributed by atoms with van der Waals surface area (Å²) in [5, 5.41) is 18.5. The van der Waals surface area contributed by atoms with Crippen LogP contribution in [-0.2, 0) is 27.3 Å². The van der Waals surface area contributed by atoms with Crippen LogP contribution in [0.25, 0.3) is 33.6 Å². The molecule has 2 aromatic carbocycles. The van der Waals surface area contributed by atoms with E-state index < -0.39 is 5.97 Å². The number of hydrogen-bond donors (Lipinski definition) is 0. The molecule has 3 aromatic heterocycles. The minimum atomic E-state index is -0.423. The van der Waals surface area contributed by atoms with Gasteiger partial charge < -0.3 is 14.2 Å². The normalized spacial score (nSPS) is 11.3. The predicted octanol–water partition coefficient (Wildman–Crippen LogP) is 3.00. The lowest BCUT2D eigenvalue weighted by Gasteiger charge is -2.06. The Morgan fingerprint density at radius 3 is 2.35 bits per heavy atom. The van der Waals surface area contributed by atoms with Gasteiger partial charge in [-0.1, -0.05) is 30.3 Å². The van der Waals surface area contributed by atoms with Crippen molar-refractivity contribution in [3.63, 3.8) is 0 Å². The molecule has 0 spiro atoms. The first kappa shape index (κ1) is 21.5. The van der Waals surface area contributed by atoms with Crippen LogP contribution in [0.2, 0.25) is 0 Å². The molecule has 0 bridgehead atoms. The van der Waals surface area contributed by atoms with E-state index in [1.165, 1.54) is 7.11 Å². The summed E-state index contributed by atoms with van der Waals surface area (Å²) < 4.78 is 19.0. The highest BCUT2D eigenvalue weighted by molar-refractivity contribution is 5.87. The van der Waals surface area contributed by atoms with Crippen molar-refractivity contribution in [3.05, 3.63) is 66.0 Å². The molecular formula is C24H22N6O4. The zero-order chi connectivity index (χ0) is 23.7. The van der Waals surface area contributed by atoms with Gasteiger partial charge in [0.05, 0.1) is 44.2 Å². The van der Waals surface area contributed by atoms with E-state index in [1.807, 2.05) is 54.6 Å². The standard InChI is InChI=1S/C24H22N6O4/c1-32-14-19-21(15-7-5-4-6-8-15)23-26-25-22-18(13-20(31)34-3)27-29(24(22)30(23)28-19)16-9-11-17(33-2)12-10-16/h4-12H,13-14H2,1-3H3. The van der Waals surface area contributed by atoms with Crippen LogP contribution < -0.4 is 4.74 Å². The summed E-state index contributed by atoms with van der Waals surface area (Å²) in [6.07, 6.45) is -0.0475. The molecule has 172 valence electrons. The number of esters is 1. The Morgan fingerprint density at radius 1 is 0.912 bits per heavy atom. The summed E-state index contributed by atoms with van der Waals surface area (Å²) in [5.41, 5.74) is 5.28. The van der Waals surface area contributed by atoms with E-state index in [9.17, 15) is 4.79 Å². The van der Waals surface area contributed by atoms with Crippen molar-refractivity contribution < 1.29 is 19.0 Å². The molecule has 34 heavy (non-hydrogen) atoms. The van der Waals surface area contributed by atoms with Crippen molar-refractivity contribution in [2.24, 2.45) is 0 Å². The number of carbonyl (C=O) groups excluding carboxylic acids is 1. The molecule has 0 aliphatic heterocycles. The number of nitrogens with zero attached hydrogens (tertiary/aromatic N) is 6. The van der Waals surface area contributed by atoms with Crippen molar-refractivity contribution in [1.82, 2.24) is 29.6 Å². The smallest absolute Gasteiger partial charge is 0.311 e. The molecule has 10 nitrogen and oxygen atoms in total. The van der Waals surface area contributed by atoms with Crippen molar-refractivity contribution in [1.29, 1.82) is 0 Å². The molecule has 0 fully saturated rings. The summed E-state index contributed by atoms with van der Waals surface area (Å²) in [6.45, 7) is 0.292. The Balaban J connectivity index is 1.82. The first-order chi connectivity index (χ1) is 16.6. The van der Waals surface area contributed by atoms with Crippen LogP contribution in [0.4, 0.5) is 0 Å². The molecule has 0 radical (unpaired) electrons. The quantitative estimate of drug-likeness (QED) is 0.343. The molecule has 5 aromatic rings. The van der Waals surface area contributed by atoms with Crippen LogP contribution in [0.15, 0.2) is 54.6 Å². The molecule has 0 saturated heterocycles. The van der Waals surface area contributed by atoms with Crippen LogP contribution in [0.3, 0.4) is 0 Å². The van der Waals surface area contributed by atoms with E-state index >= 15 is 0 Å². The number of hydrogen-bond acceptors (Lipinski definition) is 8. The number of aromatic nitrogens is 6. The Kier molecular flexibility index (Phi) is 5.64. The molecule has 0 aliphatic carbocycles. The lowest BCUT2D eigenvalue weighted by Crippen LogP contribution is -2.06. The summed E-state index contributed by atoms with van der Waals surface area (Å²) in [6, 6.07) is 17.3. The Bertz CT molecular complexity index is 1470. The minimum absolute atomic E-state index is 0.0475. The topological polar surface area (TPSA) is 106 Å². The van der Waals surface area contributed by atoms with Crippen LogP contribution in [0.5, 0.6) is 5.75 Å². The largest absolute Gasteiger partial charge is 0.497 e. The second-order valence-electron chi connectivity index (χ2n) is 7.54.